The summed E-state index contributed by atoms with van der Waals surface area (Å²) in [5, 5.41) is 4.51. The second-order valence-corrected chi connectivity index (χ2v) is 21.6. The molecule has 0 radical (unpaired) electrons. The van der Waals surface area contributed by atoms with Crippen molar-refractivity contribution in [3.05, 3.63) is 263 Å². The first-order valence-corrected chi connectivity index (χ1v) is 25.2. The number of benzene rings is 9. The van der Waals surface area contributed by atoms with E-state index >= 15 is 0 Å². The van der Waals surface area contributed by atoms with E-state index in [1.165, 1.54) is 9.80 Å². The normalized spacial score (nSPS) is 13.3. The Morgan fingerprint density at radius 3 is 1.14 bits per heavy atom. The van der Waals surface area contributed by atoms with Gasteiger partial charge in [0.1, 0.15) is 51.5 Å². The van der Waals surface area contributed by atoms with Crippen molar-refractivity contribution >= 4 is 63.5 Å². The predicted molar refractivity (Wildman–Crippen MR) is 283 cm³/mol. The summed E-state index contributed by atoms with van der Waals surface area (Å²) in [6.07, 6.45) is 0. The molecule has 2 heterocycles. The molecule has 11 rings (SSSR count). The van der Waals surface area contributed by atoms with E-state index in [9.17, 15) is 19.2 Å². The average molecular weight is 946 g/mol. The lowest BCUT2D eigenvalue weighted by atomic mass is 9.78. The van der Waals surface area contributed by atoms with Crippen molar-refractivity contribution in [3.63, 3.8) is 0 Å². The van der Waals surface area contributed by atoms with Crippen molar-refractivity contribution in [2.75, 3.05) is 9.80 Å². The Balaban J connectivity index is 0.794. The first-order valence-electron chi connectivity index (χ1n) is 23.4. The van der Waals surface area contributed by atoms with Crippen molar-refractivity contribution in [1.29, 1.82) is 0 Å². The summed E-state index contributed by atoms with van der Waals surface area (Å²) in [5.41, 5.74) is 4.94. The van der Waals surface area contributed by atoms with E-state index in [0.717, 1.165) is 37.9 Å². The maximum Gasteiger partial charge on any atom is 0.266 e. The number of nitrogens with zero attached hydrogens (tertiary/aromatic N) is 2. The van der Waals surface area contributed by atoms with Crippen LogP contribution in [0.15, 0.2) is 224 Å². The maximum atomic E-state index is 14.3. The number of carbonyl (C=O) groups is 4. The summed E-state index contributed by atoms with van der Waals surface area (Å²) in [5.74, 6) is 0.528. The van der Waals surface area contributed by atoms with Gasteiger partial charge < -0.3 is 9.47 Å². The largest absolute Gasteiger partial charge is 0.457 e. The summed E-state index contributed by atoms with van der Waals surface area (Å²) < 4.78 is 12.5. The molecular weight excluding hydrogens is 900 g/mol. The third-order valence-electron chi connectivity index (χ3n) is 13.5. The quantitative estimate of drug-likeness (QED) is 0.0895. The van der Waals surface area contributed by atoms with Gasteiger partial charge in [-0.05, 0) is 145 Å². The van der Waals surface area contributed by atoms with Crippen LogP contribution in [0.3, 0.4) is 0 Å². The second kappa shape index (κ2) is 18.0. The molecule has 0 atom stereocenters. The number of ether oxygens (including phenoxy) is 2. The molecule has 9 aromatic carbocycles. The van der Waals surface area contributed by atoms with Gasteiger partial charge in [-0.25, -0.2) is 9.80 Å². The molecule has 0 aliphatic carbocycles. The Bertz CT molecular complexity index is 3450. The summed E-state index contributed by atoms with van der Waals surface area (Å²) in [6.45, 7) is 6.19. The minimum absolute atomic E-state index is 0.280. The Labute approximate surface area is 412 Å². The Morgan fingerprint density at radius 1 is 0.352 bits per heavy atom. The molecule has 344 valence electrons. The van der Waals surface area contributed by atoms with Gasteiger partial charge in [-0.2, -0.15) is 0 Å². The van der Waals surface area contributed by atoms with E-state index in [1.807, 2.05) is 110 Å². The van der Waals surface area contributed by atoms with Crippen LogP contribution in [0.1, 0.15) is 72.0 Å². The van der Waals surface area contributed by atoms with Gasteiger partial charge in [-0.3, -0.25) is 19.2 Å². The van der Waals surface area contributed by atoms with E-state index < -0.39 is 18.6 Å². The molecule has 2 aliphatic rings. The van der Waals surface area contributed by atoms with Gasteiger partial charge in [0.25, 0.3) is 23.6 Å². The van der Waals surface area contributed by atoms with E-state index in [4.69, 9.17) is 9.47 Å². The lowest BCUT2D eigenvalue weighted by Gasteiger charge is -2.28. The van der Waals surface area contributed by atoms with Crippen LogP contribution in [0.25, 0.3) is 0 Å². The molecule has 0 aromatic heterocycles. The molecule has 0 saturated carbocycles. The fourth-order valence-corrected chi connectivity index (χ4v) is 14.1. The third-order valence-corrected chi connectivity index (χ3v) is 17.8. The first kappa shape index (κ1) is 44.8. The van der Waals surface area contributed by atoms with Gasteiger partial charge in [0.2, 0.25) is 0 Å². The number of imide groups is 2. The first-order chi connectivity index (χ1) is 34.5. The zero-order valence-electron chi connectivity index (χ0n) is 39.2. The van der Waals surface area contributed by atoms with Crippen molar-refractivity contribution in [2.45, 2.75) is 26.2 Å². The van der Waals surface area contributed by atoms with Crippen molar-refractivity contribution in [3.8, 4) is 23.0 Å². The number of hydrogen-bond donors (Lipinski definition) is 0. The summed E-state index contributed by atoms with van der Waals surface area (Å²) in [6, 6.07) is 72.3. The standard InChI is InChI=1S/C62H46N2O6P/c1-41-15-13-16-44(37-41)63-58(65)54-35-33-48(39-56(54)60(63)67)69-46-29-25-42(26-30-46)62(2,3)43-27-31-47(32-28-43)70-49-34-36-55-57(40-49)61(68)64(59(55)66)45-17-14-24-53(38-45)71(50-18-7-4-8-19-50,51-20-9-5-10-21-51)52-22-11-6-12-23-52/h4-40H,1-3H3/q+1. The fraction of sp³-hybridized carbons (Fsp3) is 0.0645. The van der Waals surface area contributed by atoms with Crippen molar-refractivity contribution < 1.29 is 28.7 Å². The molecule has 71 heavy (non-hydrogen) atoms. The minimum atomic E-state index is -2.49. The number of amides is 4. The molecule has 9 heteroatoms. The van der Waals surface area contributed by atoms with Crippen LogP contribution in [0, 0.1) is 6.92 Å². The van der Waals surface area contributed by atoms with Crippen LogP contribution in [0.2, 0.25) is 0 Å². The summed E-state index contributed by atoms with van der Waals surface area (Å²) in [4.78, 5) is 57.6. The molecule has 2 aliphatic heterocycles. The highest BCUT2D eigenvalue weighted by Crippen LogP contribution is 2.54. The van der Waals surface area contributed by atoms with Gasteiger partial charge in [0.05, 0.1) is 33.6 Å². The predicted octanol–water partition coefficient (Wildman–Crippen LogP) is 12.1. The molecule has 0 spiro atoms. The fourth-order valence-electron chi connectivity index (χ4n) is 9.81. The van der Waals surface area contributed by atoms with E-state index in [-0.39, 0.29) is 23.3 Å². The molecule has 0 saturated heterocycles. The minimum Gasteiger partial charge on any atom is -0.457 e. The SMILES string of the molecule is Cc1cccc(N2C(=O)c3ccc(Oc4ccc(C(C)(C)c5ccc(Oc6ccc7c(c6)C(=O)N(c6cccc([P+](c8ccccc8)(c8ccccc8)c8ccccc8)c6)C7=O)cc5)cc4)cc3C2=O)c1. The van der Waals surface area contributed by atoms with Crippen LogP contribution in [-0.2, 0) is 5.41 Å². The molecular formula is C62H46N2O6P+. The number of carbonyl (C=O) groups excluding carboxylic acids is 4. The summed E-state index contributed by atoms with van der Waals surface area (Å²) >= 11 is 0. The van der Waals surface area contributed by atoms with Crippen LogP contribution in [-0.4, -0.2) is 23.6 Å². The summed E-state index contributed by atoms with van der Waals surface area (Å²) in [7, 11) is -2.49. The number of fused-ring (bicyclic) bond motifs is 2. The Kier molecular flexibility index (Phi) is 11.3. The highest BCUT2D eigenvalue weighted by atomic mass is 31.2. The molecule has 0 unspecified atom stereocenters. The molecule has 0 fully saturated rings. The van der Waals surface area contributed by atoms with E-state index in [2.05, 4.69) is 92.7 Å². The van der Waals surface area contributed by atoms with Crippen LogP contribution < -0.4 is 40.5 Å². The number of rotatable bonds is 12. The highest BCUT2D eigenvalue weighted by Gasteiger charge is 2.49. The molecule has 0 N–H and O–H groups in total. The number of hydrogen-bond acceptors (Lipinski definition) is 6. The van der Waals surface area contributed by atoms with Gasteiger partial charge >= 0.3 is 0 Å². The monoisotopic (exact) mass is 945 g/mol. The van der Waals surface area contributed by atoms with E-state index in [0.29, 0.717) is 51.1 Å². The molecule has 8 nitrogen and oxygen atoms in total. The van der Waals surface area contributed by atoms with Crippen molar-refractivity contribution in [2.24, 2.45) is 0 Å². The second-order valence-electron chi connectivity index (χ2n) is 18.2. The third kappa shape index (κ3) is 7.89. The maximum absolute atomic E-state index is 14.3. The molecule has 4 amide bonds. The van der Waals surface area contributed by atoms with Gasteiger partial charge in [0, 0.05) is 11.5 Å². The zero-order chi connectivity index (χ0) is 48.9. The smallest absolute Gasteiger partial charge is 0.266 e. The van der Waals surface area contributed by atoms with Crippen molar-refractivity contribution in [1.82, 2.24) is 0 Å². The average Bonchev–Trinajstić information content (AvgIpc) is 3.80. The lowest BCUT2D eigenvalue weighted by Crippen LogP contribution is -2.39. The van der Waals surface area contributed by atoms with E-state index in [1.54, 1.807) is 42.5 Å². The molecule has 9 aromatic rings. The lowest BCUT2D eigenvalue weighted by molar-refractivity contribution is 0.0910. The van der Waals surface area contributed by atoms with Crippen LogP contribution >= 0.6 is 7.26 Å². The molecule has 0 bridgehead atoms. The topological polar surface area (TPSA) is 93.2 Å². The van der Waals surface area contributed by atoms with Crippen LogP contribution in [0.4, 0.5) is 11.4 Å². The number of aryl methyl sites for hydroxylation is 1. The number of anilines is 2. The van der Waals surface area contributed by atoms with Crippen LogP contribution in [0.5, 0.6) is 23.0 Å². The van der Waals surface area contributed by atoms with Gasteiger partial charge in [0.15, 0.2) is 0 Å². The van der Waals surface area contributed by atoms with Gasteiger partial charge in [-0.15, -0.1) is 0 Å². The Hall–Kier alpha value is -8.71. The highest BCUT2D eigenvalue weighted by molar-refractivity contribution is 8.01. The Morgan fingerprint density at radius 2 is 0.718 bits per heavy atom. The zero-order valence-corrected chi connectivity index (χ0v) is 40.0. The van der Waals surface area contributed by atoms with Gasteiger partial charge in [-0.1, -0.05) is 111 Å².